The van der Waals surface area contributed by atoms with Gasteiger partial charge in [-0.3, -0.25) is 19.7 Å². The third-order valence-electron chi connectivity index (χ3n) is 6.15. The highest BCUT2D eigenvalue weighted by Crippen LogP contribution is 2.23. The summed E-state index contributed by atoms with van der Waals surface area (Å²) in [6.45, 7) is 0. The molecule has 0 fully saturated rings. The largest absolute Gasteiger partial charge is 0.490 e. The number of amides is 1. The number of aromatic nitrogens is 5. The minimum atomic E-state index is -5.08. The monoisotopic (exact) mass is 712 g/mol. The van der Waals surface area contributed by atoms with Gasteiger partial charge >= 0.3 is 24.3 Å². The molecule has 49 heavy (non-hydrogen) atoms. The molecule has 1 amide bonds. The van der Waals surface area contributed by atoms with Crippen molar-refractivity contribution in [3.05, 3.63) is 112 Å². The molecule has 2 aromatic carbocycles. The van der Waals surface area contributed by atoms with Crippen molar-refractivity contribution in [3.8, 4) is 11.1 Å². The number of nitrogens with one attached hydrogen (secondary N) is 3. The van der Waals surface area contributed by atoms with E-state index in [9.17, 15) is 35.9 Å². The van der Waals surface area contributed by atoms with Gasteiger partial charge in [0.2, 0.25) is 5.91 Å². The molecule has 0 aliphatic rings. The third-order valence-corrected chi connectivity index (χ3v) is 6.40. The van der Waals surface area contributed by atoms with E-state index >= 15 is 0 Å². The van der Waals surface area contributed by atoms with Crippen LogP contribution in [0.15, 0.2) is 84.2 Å². The van der Waals surface area contributed by atoms with Crippen LogP contribution in [0.5, 0.6) is 0 Å². The van der Waals surface area contributed by atoms with E-state index in [0.717, 1.165) is 22.3 Å². The minimum Gasteiger partial charge on any atom is -0.475 e. The van der Waals surface area contributed by atoms with Gasteiger partial charge in [-0.2, -0.15) is 31.4 Å². The lowest BCUT2D eigenvalue weighted by Gasteiger charge is -2.19. The highest BCUT2D eigenvalue weighted by Gasteiger charge is 2.38. The van der Waals surface area contributed by atoms with E-state index < -0.39 is 30.3 Å². The highest BCUT2D eigenvalue weighted by atomic mass is 35.5. The van der Waals surface area contributed by atoms with Gasteiger partial charge in [-0.1, -0.05) is 35.9 Å². The molecule has 0 saturated heterocycles. The quantitative estimate of drug-likeness (QED) is 0.140. The molecule has 3 aromatic heterocycles. The van der Waals surface area contributed by atoms with E-state index in [4.69, 9.17) is 36.4 Å². The van der Waals surface area contributed by atoms with Crippen LogP contribution in [0.3, 0.4) is 0 Å². The number of carbonyl (C=O) groups is 3. The molecular weight excluding hydrogens is 690 g/mol. The van der Waals surface area contributed by atoms with Gasteiger partial charge < -0.3 is 20.5 Å². The molecule has 0 radical (unpaired) electrons. The van der Waals surface area contributed by atoms with Crippen molar-refractivity contribution in [2.24, 2.45) is 0 Å². The second kappa shape index (κ2) is 16.4. The Hall–Kier alpha value is -5.78. The standard InChI is InChI=1S/C26H21ClN6O2.2C2HF3O2/c27-20-6-3-16(4-7-20)10-23(31-24(34)11-17-2-1-9-28-13-17)25-32-22-8-5-18(19-14-29-30-15-19)12-21(22)26(35)33-25;2*3-2(4,5)1(6)7/h1-9,12-15,23H,10-11H2,(H,29,30)(H,31,34)(H,32,33,35);2*(H,6,7)/t23-;;/m1../s1. The van der Waals surface area contributed by atoms with Crippen LogP contribution in [0.4, 0.5) is 26.3 Å². The van der Waals surface area contributed by atoms with Crippen molar-refractivity contribution in [3.63, 3.8) is 0 Å². The fraction of sp³-hybridized carbons (Fsp3) is 0.167. The summed E-state index contributed by atoms with van der Waals surface area (Å²) in [7, 11) is 0. The molecule has 0 aliphatic heterocycles. The van der Waals surface area contributed by atoms with E-state index in [0.29, 0.717) is 28.2 Å². The fourth-order valence-electron chi connectivity index (χ4n) is 3.92. The number of nitrogens with zero attached hydrogens (tertiary/aromatic N) is 3. The van der Waals surface area contributed by atoms with Crippen molar-refractivity contribution in [1.29, 1.82) is 0 Å². The van der Waals surface area contributed by atoms with Gasteiger partial charge in [0, 0.05) is 29.2 Å². The van der Waals surface area contributed by atoms with Gasteiger partial charge in [0.1, 0.15) is 5.82 Å². The summed E-state index contributed by atoms with van der Waals surface area (Å²) in [5, 5.41) is 25.1. The Kier molecular flexibility index (Phi) is 12.6. The van der Waals surface area contributed by atoms with Crippen molar-refractivity contribution in [1.82, 2.24) is 30.5 Å². The second-order valence-corrected chi connectivity index (χ2v) is 10.2. The van der Waals surface area contributed by atoms with E-state index in [-0.39, 0.29) is 17.9 Å². The predicted molar refractivity (Wildman–Crippen MR) is 161 cm³/mol. The first kappa shape index (κ1) is 37.7. The molecule has 3 heterocycles. The summed E-state index contributed by atoms with van der Waals surface area (Å²) >= 11 is 6.03. The molecule has 1 atom stereocenters. The average molecular weight is 713 g/mol. The number of aromatic amines is 2. The topological polar surface area (TPSA) is 191 Å². The molecule has 0 saturated carbocycles. The SMILES string of the molecule is O=C(Cc1cccnc1)N[C@H](Cc1ccc(Cl)cc1)c1nc2ccc(-c3cn[nH]c3)cc2c(=O)[nH]1.O=C(O)C(F)(F)F.O=C(O)C(F)(F)F. The van der Waals surface area contributed by atoms with Crippen molar-refractivity contribution >= 4 is 40.3 Å². The predicted octanol–water partition coefficient (Wildman–Crippen LogP) is 5.27. The van der Waals surface area contributed by atoms with Crippen LogP contribution < -0.4 is 10.9 Å². The fourth-order valence-corrected chi connectivity index (χ4v) is 4.04. The lowest BCUT2D eigenvalue weighted by molar-refractivity contribution is -0.193. The average Bonchev–Trinajstić information content (AvgIpc) is 3.57. The number of carboxylic acids is 2. The molecule has 0 unspecified atom stereocenters. The zero-order valence-electron chi connectivity index (χ0n) is 24.5. The summed E-state index contributed by atoms with van der Waals surface area (Å²) in [4.78, 5) is 55.4. The maximum absolute atomic E-state index is 13.0. The summed E-state index contributed by atoms with van der Waals surface area (Å²) < 4.78 is 63.5. The number of hydrogen-bond acceptors (Lipinski definition) is 7. The number of benzene rings is 2. The zero-order valence-corrected chi connectivity index (χ0v) is 25.3. The van der Waals surface area contributed by atoms with Crippen LogP contribution in [0, 0.1) is 0 Å². The van der Waals surface area contributed by atoms with Crippen molar-refractivity contribution < 1.29 is 50.9 Å². The molecule has 0 bridgehead atoms. The first-order valence-corrected chi connectivity index (χ1v) is 13.9. The Balaban J connectivity index is 0.000000392. The molecule has 5 rings (SSSR count). The summed E-state index contributed by atoms with van der Waals surface area (Å²) in [6.07, 6.45) is -2.81. The first-order valence-electron chi connectivity index (χ1n) is 13.5. The number of rotatable bonds is 7. The second-order valence-electron chi connectivity index (χ2n) is 9.76. The first-order chi connectivity index (χ1) is 22.9. The Morgan fingerprint density at radius 2 is 1.51 bits per heavy atom. The smallest absolute Gasteiger partial charge is 0.475 e. The number of hydrogen-bond donors (Lipinski definition) is 5. The van der Waals surface area contributed by atoms with Crippen LogP contribution in [0.25, 0.3) is 22.0 Å². The van der Waals surface area contributed by atoms with Gasteiger partial charge in [0.15, 0.2) is 0 Å². The maximum atomic E-state index is 13.0. The summed E-state index contributed by atoms with van der Waals surface area (Å²) in [5.74, 6) is -5.33. The van der Waals surface area contributed by atoms with Crippen LogP contribution in [-0.2, 0) is 27.2 Å². The Morgan fingerprint density at radius 1 is 0.878 bits per heavy atom. The lowest BCUT2D eigenvalue weighted by atomic mass is 10.0. The molecule has 19 heteroatoms. The van der Waals surface area contributed by atoms with Crippen LogP contribution in [0.2, 0.25) is 5.02 Å². The van der Waals surface area contributed by atoms with E-state index in [1.165, 1.54) is 0 Å². The third kappa shape index (κ3) is 11.8. The number of halogens is 7. The number of pyridine rings is 1. The maximum Gasteiger partial charge on any atom is 0.490 e. The summed E-state index contributed by atoms with van der Waals surface area (Å²) in [5.41, 5.74) is 3.73. The molecule has 5 N–H and O–H groups in total. The molecule has 5 aromatic rings. The number of H-pyrrole nitrogens is 2. The highest BCUT2D eigenvalue weighted by molar-refractivity contribution is 6.30. The number of carbonyl (C=O) groups excluding carboxylic acids is 1. The van der Waals surface area contributed by atoms with Gasteiger partial charge in [-0.05, 0) is 53.4 Å². The van der Waals surface area contributed by atoms with Gasteiger partial charge in [-0.15, -0.1) is 0 Å². The minimum absolute atomic E-state index is 0.164. The van der Waals surface area contributed by atoms with Crippen LogP contribution in [-0.4, -0.2) is 65.6 Å². The molecule has 258 valence electrons. The van der Waals surface area contributed by atoms with Crippen molar-refractivity contribution in [2.75, 3.05) is 0 Å². The zero-order chi connectivity index (χ0) is 36.4. The van der Waals surface area contributed by atoms with Gasteiger partial charge in [0.25, 0.3) is 5.56 Å². The van der Waals surface area contributed by atoms with Gasteiger partial charge in [-0.25, -0.2) is 14.6 Å². The lowest BCUT2D eigenvalue weighted by Crippen LogP contribution is -2.33. The van der Waals surface area contributed by atoms with E-state index in [2.05, 4.69) is 25.5 Å². The van der Waals surface area contributed by atoms with E-state index in [1.807, 2.05) is 24.3 Å². The van der Waals surface area contributed by atoms with Crippen LogP contribution in [0.1, 0.15) is 23.0 Å². The Morgan fingerprint density at radius 3 is 2.04 bits per heavy atom. The van der Waals surface area contributed by atoms with E-state index in [1.54, 1.807) is 55.1 Å². The summed E-state index contributed by atoms with van der Waals surface area (Å²) in [6, 6.07) is 15.9. The van der Waals surface area contributed by atoms with Crippen molar-refractivity contribution in [2.45, 2.75) is 31.2 Å². The number of alkyl halides is 6. The number of fused-ring (bicyclic) bond motifs is 1. The Labute approximate surface area is 275 Å². The molecule has 0 aliphatic carbocycles. The Bertz CT molecular complexity index is 1910. The normalized spacial score (nSPS) is 11.7. The number of aliphatic carboxylic acids is 2. The molecular formula is C30H23ClF6N6O6. The number of carboxylic acid groups (broad SMARTS) is 2. The molecule has 0 spiro atoms. The molecule has 12 nitrogen and oxygen atoms in total. The van der Waals surface area contributed by atoms with Gasteiger partial charge in [0.05, 0.1) is 29.6 Å². The van der Waals surface area contributed by atoms with Crippen LogP contribution >= 0.6 is 11.6 Å².